The number of nitrogens with zero attached hydrogens (tertiary/aromatic N) is 3. The highest BCUT2D eigenvalue weighted by Gasteiger charge is 2.26. The number of hydrogen-bond donors (Lipinski definition) is 1. The minimum Gasteiger partial charge on any atom is -0.332 e. The van der Waals surface area contributed by atoms with E-state index in [1.165, 1.54) is 12.6 Å². The summed E-state index contributed by atoms with van der Waals surface area (Å²) in [6.07, 6.45) is 5.34. The Kier molecular flexibility index (Phi) is 4.58. The number of urea groups is 1. The predicted octanol–water partition coefficient (Wildman–Crippen LogP) is 2.46. The van der Waals surface area contributed by atoms with Gasteiger partial charge in [-0.3, -0.25) is 4.98 Å². The highest BCUT2D eigenvalue weighted by atomic mass is 35.5. The van der Waals surface area contributed by atoms with E-state index in [-0.39, 0.29) is 12.1 Å². The SMILES string of the molecule is CC1CCC(C)N(C(=O)NCc2nccnc2Cl)C1. The molecule has 1 aromatic heterocycles. The van der Waals surface area contributed by atoms with Gasteiger partial charge in [0.1, 0.15) is 0 Å². The molecule has 1 saturated heterocycles. The van der Waals surface area contributed by atoms with Crippen molar-refractivity contribution in [1.29, 1.82) is 0 Å². The molecule has 1 fully saturated rings. The molecule has 0 aromatic carbocycles. The molecule has 1 N–H and O–H groups in total. The zero-order valence-corrected chi connectivity index (χ0v) is 12.0. The van der Waals surface area contributed by atoms with Crippen LogP contribution in [0, 0.1) is 5.92 Å². The van der Waals surface area contributed by atoms with Crippen molar-refractivity contribution in [3.05, 3.63) is 23.2 Å². The molecule has 2 amide bonds. The second-order valence-electron chi connectivity index (χ2n) is 5.14. The number of nitrogens with one attached hydrogen (secondary N) is 1. The van der Waals surface area contributed by atoms with Gasteiger partial charge in [-0.05, 0) is 25.7 Å². The molecule has 19 heavy (non-hydrogen) atoms. The third-order valence-corrected chi connectivity index (χ3v) is 3.82. The summed E-state index contributed by atoms with van der Waals surface area (Å²) in [5.41, 5.74) is 0.593. The van der Waals surface area contributed by atoms with Gasteiger partial charge in [0, 0.05) is 25.0 Å². The highest BCUT2D eigenvalue weighted by molar-refractivity contribution is 6.29. The maximum atomic E-state index is 12.2. The van der Waals surface area contributed by atoms with E-state index < -0.39 is 0 Å². The average Bonchev–Trinajstić information content (AvgIpc) is 2.40. The second-order valence-corrected chi connectivity index (χ2v) is 5.49. The molecule has 104 valence electrons. The number of hydrogen-bond acceptors (Lipinski definition) is 3. The normalized spacial score (nSPS) is 23.2. The quantitative estimate of drug-likeness (QED) is 0.906. The second kappa shape index (κ2) is 6.19. The Balaban J connectivity index is 1.92. The van der Waals surface area contributed by atoms with Crippen LogP contribution in [0.3, 0.4) is 0 Å². The predicted molar refractivity (Wildman–Crippen MR) is 73.8 cm³/mol. The third-order valence-electron chi connectivity index (χ3n) is 3.51. The van der Waals surface area contributed by atoms with Crippen LogP contribution in [0.2, 0.25) is 5.15 Å². The summed E-state index contributed by atoms with van der Waals surface area (Å²) in [6, 6.07) is 0.231. The standard InChI is InChI=1S/C13H19ClN4O/c1-9-3-4-10(2)18(8-9)13(19)17-7-11-12(14)16-6-5-15-11/h5-6,9-10H,3-4,7-8H2,1-2H3,(H,17,19). The Bertz CT molecular complexity index is 454. The molecule has 5 nitrogen and oxygen atoms in total. The van der Waals surface area contributed by atoms with Crippen molar-refractivity contribution in [3.8, 4) is 0 Å². The molecule has 0 spiro atoms. The van der Waals surface area contributed by atoms with Gasteiger partial charge in [0.05, 0.1) is 12.2 Å². The summed E-state index contributed by atoms with van der Waals surface area (Å²) in [4.78, 5) is 22.1. The van der Waals surface area contributed by atoms with Crippen LogP contribution in [0.5, 0.6) is 0 Å². The van der Waals surface area contributed by atoms with E-state index in [0.717, 1.165) is 13.0 Å². The van der Waals surface area contributed by atoms with Crippen LogP contribution in [0.4, 0.5) is 4.79 Å². The molecule has 6 heteroatoms. The van der Waals surface area contributed by atoms with E-state index >= 15 is 0 Å². The summed E-state index contributed by atoms with van der Waals surface area (Å²) >= 11 is 5.91. The molecular weight excluding hydrogens is 264 g/mol. The van der Waals surface area contributed by atoms with Crippen molar-refractivity contribution in [2.24, 2.45) is 5.92 Å². The average molecular weight is 283 g/mol. The summed E-state index contributed by atoms with van der Waals surface area (Å²) < 4.78 is 0. The fourth-order valence-corrected chi connectivity index (χ4v) is 2.47. The van der Waals surface area contributed by atoms with Crippen LogP contribution in [0.15, 0.2) is 12.4 Å². The summed E-state index contributed by atoms with van der Waals surface area (Å²) in [7, 11) is 0. The Labute approximate surface area is 118 Å². The zero-order valence-electron chi connectivity index (χ0n) is 11.3. The highest BCUT2D eigenvalue weighted by Crippen LogP contribution is 2.21. The van der Waals surface area contributed by atoms with E-state index in [9.17, 15) is 4.79 Å². The van der Waals surface area contributed by atoms with Gasteiger partial charge >= 0.3 is 6.03 Å². The molecule has 2 unspecified atom stereocenters. The molecule has 1 aromatic rings. The number of amides is 2. The lowest BCUT2D eigenvalue weighted by Crippen LogP contribution is -2.49. The van der Waals surface area contributed by atoms with Crippen molar-refractivity contribution in [2.75, 3.05) is 6.54 Å². The van der Waals surface area contributed by atoms with E-state index in [1.54, 1.807) is 6.20 Å². The fourth-order valence-electron chi connectivity index (χ4n) is 2.30. The first-order chi connectivity index (χ1) is 9.08. The summed E-state index contributed by atoms with van der Waals surface area (Å²) in [5.74, 6) is 0.557. The van der Waals surface area contributed by atoms with E-state index in [4.69, 9.17) is 11.6 Å². The Hall–Kier alpha value is -1.36. The van der Waals surface area contributed by atoms with Crippen LogP contribution >= 0.6 is 11.6 Å². The van der Waals surface area contributed by atoms with Crippen LogP contribution in [-0.2, 0) is 6.54 Å². The largest absolute Gasteiger partial charge is 0.332 e. The van der Waals surface area contributed by atoms with Crippen molar-refractivity contribution in [2.45, 2.75) is 39.3 Å². The Morgan fingerprint density at radius 2 is 2.16 bits per heavy atom. The Morgan fingerprint density at radius 1 is 1.42 bits per heavy atom. The molecule has 1 aliphatic heterocycles. The van der Waals surface area contributed by atoms with Gasteiger partial charge in [-0.2, -0.15) is 0 Å². The molecule has 0 radical (unpaired) electrons. The summed E-state index contributed by atoms with van der Waals surface area (Å²) in [5, 5.41) is 3.20. The number of halogens is 1. The number of likely N-dealkylation sites (tertiary alicyclic amines) is 1. The number of aromatic nitrogens is 2. The molecule has 0 aliphatic carbocycles. The topological polar surface area (TPSA) is 58.1 Å². The van der Waals surface area contributed by atoms with Crippen LogP contribution in [0.1, 0.15) is 32.4 Å². The molecular formula is C13H19ClN4O. The molecule has 0 bridgehead atoms. The van der Waals surface area contributed by atoms with Crippen LogP contribution in [-0.4, -0.2) is 33.5 Å². The number of carbonyl (C=O) groups is 1. The van der Waals surface area contributed by atoms with Crippen molar-refractivity contribution < 1.29 is 4.79 Å². The first-order valence-electron chi connectivity index (χ1n) is 6.57. The maximum absolute atomic E-state index is 12.2. The lowest BCUT2D eigenvalue weighted by atomic mass is 9.95. The monoisotopic (exact) mass is 282 g/mol. The first kappa shape index (κ1) is 14.1. The molecule has 2 atom stereocenters. The number of carbonyl (C=O) groups excluding carboxylic acids is 1. The van der Waals surface area contributed by atoms with Gasteiger partial charge in [0.15, 0.2) is 5.15 Å². The van der Waals surface area contributed by atoms with Gasteiger partial charge in [0.25, 0.3) is 0 Å². The maximum Gasteiger partial charge on any atom is 0.317 e. The van der Waals surface area contributed by atoms with Gasteiger partial charge in [0.2, 0.25) is 0 Å². The molecule has 0 saturated carbocycles. The van der Waals surface area contributed by atoms with Crippen LogP contribution < -0.4 is 5.32 Å². The van der Waals surface area contributed by atoms with Crippen LogP contribution in [0.25, 0.3) is 0 Å². The molecule has 1 aliphatic rings. The van der Waals surface area contributed by atoms with E-state index in [2.05, 4.69) is 29.1 Å². The van der Waals surface area contributed by atoms with E-state index in [0.29, 0.717) is 23.3 Å². The smallest absolute Gasteiger partial charge is 0.317 e. The molecule has 2 rings (SSSR count). The van der Waals surface area contributed by atoms with Gasteiger partial charge in [-0.1, -0.05) is 18.5 Å². The summed E-state index contributed by atoms with van der Waals surface area (Å²) in [6.45, 7) is 5.37. The minimum absolute atomic E-state index is 0.0548. The van der Waals surface area contributed by atoms with E-state index in [1.807, 2.05) is 4.90 Å². The van der Waals surface area contributed by atoms with Crippen molar-refractivity contribution in [1.82, 2.24) is 20.2 Å². The molecule has 2 heterocycles. The third kappa shape index (κ3) is 3.56. The van der Waals surface area contributed by atoms with Crippen molar-refractivity contribution >= 4 is 17.6 Å². The van der Waals surface area contributed by atoms with Crippen molar-refractivity contribution in [3.63, 3.8) is 0 Å². The first-order valence-corrected chi connectivity index (χ1v) is 6.95. The zero-order chi connectivity index (χ0) is 13.8. The van der Waals surface area contributed by atoms with Gasteiger partial charge in [-0.15, -0.1) is 0 Å². The number of piperidine rings is 1. The van der Waals surface area contributed by atoms with Gasteiger partial charge < -0.3 is 10.2 Å². The lowest BCUT2D eigenvalue weighted by Gasteiger charge is -2.36. The Morgan fingerprint density at radius 3 is 2.89 bits per heavy atom. The van der Waals surface area contributed by atoms with Gasteiger partial charge in [-0.25, -0.2) is 9.78 Å². The fraction of sp³-hybridized carbons (Fsp3) is 0.615. The minimum atomic E-state index is -0.0548. The number of rotatable bonds is 2. The lowest BCUT2D eigenvalue weighted by molar-refractivity contribution is 0.136.